The van der Waals surface area contributed by atoms with Crippen LogP contribution in [0.15, 0.2) is 0 Å². The quantitative estimate of drug-likeness (QED) is 0.567. The van der Waals surface area contributed by atoms with Crippen LogP contribution in [0.25, 0.3) is 0 Å². The third-order valence-electron chi connectivity index (χ3n) is 4.50. The molecule has 0 saturated heterocycles. The average Bonchev–Trinajstić information content (AvgIpc) is 2.51. The summed E-state index contributed by atoms with van der Waals surface area (Å²) < 4.78 is 0. The molecule has 2 N–H and O–H groups in total. The van der Waals surface area contributed by atoms with Gasteiger partial charge in [0, 0.05) is 6.04 Å². The fourth-order valence-corrected chi connectivity index (χ4v) is 3.44. The summed E-state index contributed by atoms with van der Waals surface area (Å²) in [6, 6.07) is 0.494. The molecule has 2 aliphatic rings. The number of hydrogen-bond acceptors (Lipinski definition) is 1. The van der Waals surface area contributed by atoms with Gasteiger partial charge < -0.3 is 5.73 Å². The molecular weight excluding hydrogens is 134 g/mol. The van der Waals surface area contributed by atoms with Crippen molar-refractivity contribution in [3.63, 3.8) is 0 Å². The molecule has 2 fully saturated rings. The summed E-state index contributed by atoms with van der Waals surface area (Å²) in [5.41, 5.74) is 6.70. The van der Waals surface area contributed by atoms with Crippen LogP contribution in [0, 0.1) is 17.3 Å². The molecule has 0 aromatic carbocycles. The molecule has 1 spiro atoms. The van der Waals surface area contributed by atoms with Crippen LogP contribution >= 0.6 is 0 Å². The molecule has 2 atom stereocenters. The van der Waals surface area contributed by atoms with Gasteiger partial charge in [-0.2, -0.15) is 0 Å². The average molecular weight is 153 g/mol. The Bertz CT molecular complexity index is 146. The van der Waals surface area contributed by atoms with E-state index in [9.17, 15) is 0 Å². The first-order valence-electron chi connectivity index (χ1n) is 4.94. The Labute approximate surface area is 69.4 Å². The van der Waals surface area contributed by atoms with E-state index in [2.05, 4.69) is 13.8 Å². The molecule has 2 aliphatic carbocycles. The maximum absolute atomic E-state index is 6.02. The Morgan fingerprint density at radius 2 is 1.55 bits per heavy atom. The number of hydrogen-bond donors (Lipinski definition) is 1. The van der Waals surface area contributed by atoms with Gasteiger partial charge in [0.15, 0.2) is 0 Å². The molecule has 0 aromatic heterocycles. The molecule has 0 radical (unpaired) electrons. The molecule has 0 aliphatic heterocycles. The predicted molar refractivity (Wildman–Crippen MR) is 47.2 cm³/mol. The van der Waals surface area contributed by atoms with Crippen LogP contribution in [0.5, 0.6) is 0 Å². The minimum absolute atomic E-state index is 0.494. The van der Waals surface area contributed by atoms with Crippen molar-refractivity contribution in [3.05, 3.63) is 0 Å². The zero-order valence-electron chi connectivity index (χ0n) is 7.64. The standard InChI is InChI=1S/C10H19N/c1-7-9(11)8(2)10(7)5-3-4-6-10/h7-9H,3-6,11H2,1-2H3. The second-order valence-electron chi connectivity index (χ2n) is 4.59. The fraction of sp³-hybridized carbons (Fsp3) is 1.00. The SMILES string of the molecule is CC1C(N)C(C)C12CCCC2. The van der Waals surface area contributed by atoms with Gasteiger partial charge in [-0.3, -0.25) is 0 Å². The number of rotatable bonds is 0. The molecular formula is C10H19N. The highest BCUT2D eigenvalue weighted by molar-refractivity contribution is 5.08. The summed E-state index contributed by atoms with van der Waals surface area (Å²) in [4.78, 5) is 0. The molecule has 11 heavy (non-hydrogen) atoms. The van der Waals surface area contributed by atoms with E-state index >= 15 is 0 Å². The molecule has 0 heterocycles. The van der Waals surface area contributed by atoms with E-state index < -0.39 is 0 Å². The minimum Gasteiger partial charge on any atom is -0.327 e. The van der Waals surface area contributed by atoms with Crippen molar-refractivity contribution in [1.82, 2.24) is 0 Å². The summed E-state index contributed by atoms with van der Waals surface area (Å²) in [5, 5.41) is 0. The monoisotopic (exact) mass is 153 g/mol. The molecule has 2 rings (SSSR count). The minimum atomic E-state index is 0.494. The van der Waals surface area contributed by atoms with Crippen molar-refractivity contribution in [3.8, 4) is 0 Å². The topological polar surface area (TPSA) is 26.0 Å². The Kier molecular flexibility index (Phi) is 1.54. The Morgan fingerprint density at radius 1 is 1.09 bits per heavy atom. The predicted octanol–water partition coefficient (Wildman–Crippen LogP) is 2.16. The molecule has 0 amide bonds. The van der Waals surface area contributed by atoms with Gasteiger partial charge in [-0.25, -0.2) is 0 Å². The van der Waals surface area contributed by atoms with Crippen LogP contribution in [0.4, 0.5) is 0 Å². The molecule has 1 nitrogen and oxygen atoms in total. The maximum Gasteiger partial charge on any atom is 0.0101 e. The van der Waals surface area contributed by atoms with E-state index in [1.807, 2.05) is 0 Å². The molecule has 2 unspecified atom stereocenters. The Balaban J connectivity index is 2.14. The number of nitrogens with two attached hydrogens (primary N) is 1. The van der Waals surface area contributed by atoms with Gasteiger partial charge in [-0.1, -0.05) is 26.7 Å². The zero-order valence-corrected chi connectivity index (χ0v) is 7.64. The summed E-state index contributed by atoms with van der Waals surface area (Å²) >= 11 is 0. The van der Waals surface area contributed by atoms with Gasteiger partial charge in [0.25, 0.3) is 0 Å². The van der Waals surface area contributed by atoms with Crippen LogP contribution in [0.1, 0.15) is 39.5 Å². The van der Waals surface area contributed by atoms with Crippen LogP contribution in [0.3, 0.4) is 0 Å². The van der Waals surface area contributed by atoms with Crippen molar-refractivity contribution < 1.29 is 0 Å². The third-order valence-corrected chi connectivity index (χ3v) is 4.50. The van der Waals surface area contributed by atoms with E-state index in [1.54, 1.807) is 0 Å². The Hall–Kier alpha value is -0.0400. The largest absolute Gasteiger partial charge is 0.327 e. The summed E-state index contributed by atoms with van der Waals surface area (Å²) in [5.74, 6) is 1.58. The van der Waals surface area contributed by atoms with Gasteiger partial charge in [-0.05, 0) is 30.1 Å². The lowest BCUT2D eigenvalue weighted by atomic mass is 9.50. The van der Waals surface area contributed by atoms with E-state index in [0.29, 0.717) is 11.5 Å². The fourth-order valence-electron chi connectivity index (χ4n) is 3.44. The lowest BCUT2D eigenvalue weighted by molar-refractivity contribution is -0.0516. The van der Waals surface area contributed by atoms with E-state index in [-0.39, 0.29) is 0 Å². The van der Waals surface area contributed by atoms with Crippen molar-refractivity contribution in [1.29, 1.82) is 0 Å². The first-order chi connectivity index (χ1) is 5.18. The van der Waals surface area contributed by atoms with Gasteiger partial charge in [-0.15, -0.1) is 0 Å². The van der Waals surface area contributed by atoms with Gasteiger partial charge in [0.05, 0.1) is 0 Å². The Morgan fingerprint density at radius 3 is 2.00 bits per heavy atom. The summed E-state index contributed by atoms with van der Waals surface area (Å²) in [6.07, 6.45) is 5.79. The second kappa shape index (κ2) is 2.22. The maximum atomic E-state index is 6.02. The van der Waals surface area contributed by atoms with Crippen LogP contribution in [-0.4, -0.2) is 6.04 Å². The van der Waals surface area contributed by atoms with Crippen LogP contribution in [0.2, 0.25) is 0 Å². The van der Waals surface area contributed by atoms with Crippen molar-refractivity contribution >= 4 is 0 Å². The lowest BCUT2D eigenvalue weighted by Gasteiger charge is -2.57. The van der Waals surface area contributed by atoms with Gasteiger partial charge >= 0.3 is 0 Å². The van der Waals surface area contributed by atoms with E-state index in [1.165, 1.54) is 25.7 Å². The van der Waals surface area contributed by atoms with Crippen LogP contribution in [-0.2, 0) is 0 Å². The van der Waals surface area contributed by atoms with Crippen molar-refractivity contribution in [2.24, 2.45) is 23.0 Å². The summed E-state index contributed by atoms with van der Waals surface area (Å²) in [7, 11) is 0. The highest BCUT2D eigenvalue weighted by Gasteiger charge is 2.56. The van der Waals surface area contributed by atoms with Crippen molar-refractivity contribution in [2.75, 3.05) is 0 Å². The lowest BCUT2D eigenvalue weighted by Crippen LogP contribution is -2.60. The zero-order chi connectivity index (χ0) is 8.06. The van der Waals surface area contributed by atoms with Crippen LogP contribution < -0.4 is 5.73 Å². The highest BCUT2D eigenvalue weighted by Crippen LogP contribution is 2.59. The second-order valence-corrected chi connectivity index (χ2v) is 4.59. The van der Waals surface area contributed by atoms with E-state index in [0.717, 1.165) is 11.8 Å². The van der Waals surface area contributed by atoms with Gasteiger partial charge in [0.2, 0.25) is 0 Å². The third kappa shape index (κ3) is 0.752. The first-order valence-corrected chi connectivity index (χ1v) is 4.94. The molecule has 64 valence electrons. The van der Waals surface area contributed by atoms with E-state index in [4.69, 9.17) is 5.73 Å². The molecule has 0 aromatic rings. The summed E-state index contributed by atoms with van der Waals surface area (Å²) in [6.45, 7) is 4.69. The molecule has 2 saturated carbocycles. The molecule has 1 heteroatoms. The first kappa shape index (κ1) is 7.60. The highest BCUT2D eigenvalue weighted by atomic mass is 14.8. The van der Waals surface area contributed by atoms with Crippen molar-refractivity contribution in [2.45, 2.75) is 45.6 Å². The normalized spacial score (nSPS) is 47.7. The smallest absolute Gasteiger partial charge is 0.0101 e. The van der Waals surface area contributed by atoms with Gasteiger partial charge in [0.1, 0.15) is 0 Å². The molecule has 0 bridgehead atoms.